The van der Waals surface area contributed by atoms with Gasteiger partial charge >= 0.3 is 0 Å². The molecule has 156 valence electrons. The molecular formula is C21H29Cl3N2O2. The third-order valence-corrected chi connectivity index (χ3v) is 3.65. The van der Waals surface area contributed by atoms with Crippen molar-refractivity contribution in [2.24, 2.45) is 5.84 Å². The van der Waals surface area contributed by atoms with E-state index in [1.165, 1.54) is 0 Å². The summed E-state index contributed by atoms with van der Waals surface area (Å²) in [5.41, 5.74) is 4.85. The van der Waals surface area contributed by atoms with Crippen molar-refractivity contribution in [3.05, 3.63) is 71.3 Å². The van der Waals surface area contributed by atoms with Gasteiger partial charge in [0, 0.05) is 16.7 Å². The number of rotatable bonds is 3. The van der Waals surface area contributed by atoms with Gasteiger partial charge in [-0.05, 0) is 61.5 Å². The SMILES string of the molecule is CC(C)(C)NN.CC(C)c1ccccc1C(=O)Cl.Cl.O=C(Cl)c1ccccc1. The first-order chi connectivity index (χ1) is 12.5. The van der Waals surface area contributed by atoms with Crippen molar-refractivity contribution in [3.8, 4) is 0 Å². The Morgan fingerprint density at radius 2 is 1.32 bits per heavy atom. The molecule has 2 aromatic carbocycles. The van der Waals surface area contributed by atoms with E-state index in [1.807, 2.05) is 58.9 Å². The summed E-state index contributed by atoms with van der Waals surface area (Å²) in [6.45, 7) is 10.1. The molecule has 0 aliphatic carbocycles. The van der Waals surface area contributed by atoms with E-state index in [1.54, 1.807) is 30.3 Å². The minimum absolute atomic E-state index is 0. The molecule has 0 atom stereocenters. The fourth-order valence-corrected chi connectivity index (χ4v) is 2.05. The molecular weight excluding hydrogens is 419 g/mol. The molecule has 0 saturated heterocycles. The predicted octanol–water partition coefficient (Wildman–Crippen LogP) is 5.92. The van der Waals surface area contributed by atoms with Crippen LogP contribution in [0.5, 0.6) is 0 Å². The molecule has 2 rings (SSSR count). The van der Waals surface area contributed by atoms with Crippen LogP contribution in [0.4, 0.5) is 0 Å². The number of hydrogen-bond acceptors (Lipinski definition) is 4. The van der Waals surface area contributed by atoms with Crippen LogP contribution >= 0.6 is 35.6 Å². The first kappa shape index (κ1) is 28.8. The monoisotopic (exact) mass is 446 g/mol. The van der Waals surface area contributed by atoms with Gasteiger partial charge in [0.05, 0.1) is 0 Å². The van der Waals surface area contributed by atoms with E-state index in [2.05, 4.69) is 5.43 Å². The molecule has 0 aromatic heterocycles. The van der Waals surface area contributed by atoms with Gasteiger partial charge in [-0.25, -0.2) is 0 Å². The summed E-state index contributed by atoms with van der Waals surface area (Å²) in [5, 5.41) is -0.782. The number of nitrogens with one attached hydrogen (secondary N) is 1. The Bertz CT molecular complexity index is 715. The van der Waals surface area contributed by atoms with Gasteiger partial charge in [-0.3, -0.25) is 20.9 Å². The topological polar surface area (TPSA) is 72.2 Å². The second kappa shape index (κ2) is 14.6. The van der Waals surface area contributed by atoms with Gasteiger partial charge in [0.25, 0.3) is 10.5 Å². The van der Waals surface area contributed by atoms with Gasteiger partial charge in [0.15, 0.2) is 0 Å². The van der Waals surface area contributed by atoms with Gasteiger partial charge in [-0.1, -0.05) is 62.4 Å². The van der Waals surface area contributed by atoms with Crippen LogP contribution in [-0.2, 0) is 0 Å². The highest BCUT2D eigenvalue weighted by Gasteiger charge is 2.09. The van der Waals surface area contributed by atoms with E-state index in [0.29, 0.717) is 17.0 Å². The van der Waals surface area contributed by atoms with E-state index in [-0.39, 0.29) is 23.2 Å². The molecule has 4 nitrogen and oxygen atoms in total. The van der Waals surface area contributed by atoms with Crippen LogP contribution in [0.2, 0.25) is 0 Å². The molecule has 0 saturated carbocycles. The van der Waals surface area contributed by atoms with E-state index >= 15 is 0 Å². The standard InChI is InChI=1S/C10H11ClO.C7H5ClO.C4H12N2.ClH/c1-7(2)8-5-3-4-6-9(8)10(11)12;8-7(9)6-4-2-1-3-5-6;1-4(2,3)6-5;/h3-7H,1-2H3;1-5H;6H,5H2,1-3H3;1H. The lowest BCUT2D eigenvalue weighted by Gasteiger charge is -2.14. The van der Waals surface area contributed by atoms with Gasteiger partial charge in [0.1, 0.15) is 0 Å². The van der Waals surface area contributed by atoms with Crippen LogP contribution in [-0.4, -0.2) is 16.0 Å². The molecule has 7 heteroatoms. The Kier molecular flexibility index (Phi) is 15.0. The summed E-state index contributed by atoms with van der Waals surface area (Å²) in [6.07, 6.45) is 0. The molecule has 2 aromatic rings. The van der Waals surface area contributed by atoms with Crippen molar-refractivity contribution < 1.29 is 9.59 Å². The molecule has 0 aliphatic rings. The summed E-state index contributed by atoms with van der Waals surface area (Å²) >= 11 is 10.6. The number of benzene rings is 2. The fraction of sp³-hybridized carbons (Fsp3) is 0.333. The highest BCUT2D eigenvalue weighted by Crippen LogP contribution is 2.20. The van der Waals surface area contributed by atoms with Gasteiger partial charge in [0.2, 0.25) is 0 Å². The Balaban J connectivity index is 0. The summed E-state index contributed by atoms with van der Waals surface area (Å²) in [4.78, 5) is 21.3. The number of carbonyl (C=O) groups is 2. The van der Waals surface area contributed by atoms with Crippen molar-refractivity contribution in [3.63, 3.8) is 0 Å². The average molecular weight is 448 g/mol. The fourth-order valence-electron chi connectivity index (χ4n) is 1.75. The second-order valence-corrected chi connectivity index (χ2v) is 7.74. The van der Waals surface area contributed by atoms with E-state index < -0.39 is 5.24 Å². The zero-order chi connectivity index (χ0) is 21.0. The normalized spacial score (nSPS) is 9.89. The van der Waals surface area contributed by atoms with E-state index in [9.17, 15) is 9.59 Å². The summed E-state index contributed by atoms with van der Waals surface area (Å²) in [6, 6.07) is 16.2. The molecule has 0 unspecified atom stereocenters. The molecule has 0 radical (unpaired) electrons. The first-order valence-electron chi connectivity index (χ1n) is 8.51. The lowest BCUT2D eigenvalue weighted by atomic mass is 9.98. The number of halogens is 3. The summed E-state index contributed by atoms with van der Waals surface area (Å²) < 4.78 is 0. The molecule has 0 amide bonds. The first-order valence-corrected chi connectivity index (χ1v) is 9.26. The largest absolute Gasteiger partial charge is 0.276 e. The summed E-state index contributed by atoms with van der Waals surface area (Å²) in [7, 11) is 0. The van der Waals surface area contributed by atoms with Crippen LogP contribution in [0.15, 0.2) is 54.6 Å². The average Bonchev–Trinajstić information content (AvgIpc) is 2.62. The molecule has 0 spiro atoms. The lowest BCUT2D eigenvalue weighted by molar-refractivity contribution is 0.107. The lowest BCUT2D eigenvalue weighted by Crippen LogP contribution is -2.41. The maximum atomic E-state index is 10.9. The van der Waals surface area contributed by atoms with Crippen molar-refractivity contribution >= 4 is 46.1 Å². The number of carbonyl (C=O) groups excluding carboxylic acids is 2. The van der Waals surface area contributed by atoms with Crippen LogP contribution < -0.4 is 11.3 Å². The molecule has 3 N–H and O–H groups in total. The molecule has 0 fully saturated rings. The van der Waals surface area contributed by atoms with E-state index in [0.717, 1.165) is 5.56 Å². The number of hydrogen-bond donors (Lipinski definition) is 2. The van der Waals surface area contributed by atoms with E-state index in [4.69, 9.17) is 29.0 Å². The van der Waals surface area contributed by atoms with Crippen molar-refractivity contribution in [2.45, 2.75) is 46.1 Å². The predicted molar refractivity (Wildman–Crippen MR) is 122 cm³/mol. The number of hydrazine groups is 1. The Labute approximate surface area is 184 Å². The Morgan fingerprint density at radius 1 is 0.893 bits per heavy atom. The molecule has 28 heavy (non-hydrogen) atoms. The highest BCUT2D eigenvalue weighted by atomic mass is 35.5. The maximum Gasteiger partial charge on any atom is 0.252 e. The number of nitrogens with two attached hydrogens (primary N) is 1. The Morgan fingerprint density at radius 3 is 1.61 bits per heavy atom. The molecule has 0 bridgehead atoms. The Hall–Kier alpha value is -1.43. The molecule has 0 heterocycles. The van der Waals surface area contributed by atoms with Gasteiger partial charge < -0.3 is 0 Å². The van der Waals surface area contributed by atoms with Gasteiger partial charge in [-0.15, -0.1) is 12.4 Å². The van der Waals surface area contributed by atoms with Crippen LogP contribution in [0.25, 0.3) is 0 Å². The smallest absolute Gasteiger partial charge is 0.252 e. The van der Waals surface area contributed by atoms with Crippen LogP contribution in [0.1, 0.15) is 66.8 Å². The van der Waals surface area contributed by atoms with Crippen LogP contribution in [0.3, 0.4) is 0 Å². The minimum atomic E-state index is -0.407. The highest BCUT2D eigenvalue weighted by molar-refractivity contribution is 6.68. The minimum Gasteiger partial charge on any atom is -0.276 e. The zero-order valence-corrected chi connectivity index (χ0v) is 19.2. The second-order valence-electron chi connectivity index (χ2n) is 7.05. The molecule has 0 aliphatic heterocycles. The third kappa shape index (κ3) is 12.9. The zero-order valence-electron chi connectivity index (χ0n) is 16.8. The quantitative estimate of drug-likeness (QED) is 0.348. The third-order valence-electron chi connectivity index (χ3n) is 3.23. The van der Waals surface area contributed by atoms with Crippen molar-refractivity contribution in [1.29, 1.82) is 0 Å². The van der Waals surface area contributed by atoms with Crippen molar-refractivity contribution in [2.75, 3.05) is 0 Å². The van der Waals surface area contributed by atoms with Crippen LogP contribution in [0, 0.1) is 0 Å². The van der Waals surface area contributed by atoms with Crippen molar-refractivity contribution in [1.82, 2.24) is 5.43 Å². The summed E-state index contributed by atoms with van der Waals surface area (Å²) in [5.74, 6) is 5.39. The maximum absolute atomic E-state index is 10.9. The van der Waals surface area contributed by atoms with Gasteiger partial charge in [-0.2, -0.15) is 0 Å².